The highest BCUT2D eigenvalue weighted by Crippen LogP contribution is 2.21. The second-order valence-corrected chi connectivity index (χ2v) is 6.58. The van der Waals surface area contributed by atoms with Crippen LogP contribution >= 0.6 is 0 Å². The van der Waals surface area contributed by atoms with E-state index < -0.39 is 0 Å². The molecule has 0 aliphatic heterocycles. The second kappa shape index (κ2) is 8.44. The molecule has 0 bridgehead atoms. The van der Waals surface area contributed by atoms with Gasteiger partial charge < -0.3 is 10.1 Å². The van der Waals surface area contributed by atoms with Crippen molar-refractivity contribution >= 4 is 5.91 Å². The van der Waals surface area contributed by atoms with Crippen LogP contribution in [-0.4, -0.2) is 25.9 Å². The van der Waals surface area contributed by atoms with E-state index in [0.29, 0.717) is 23.6 Å². The fraction of sp³-hybridized carbons (Fsp3) is 0.0909. The minimum absolute atomic E-state index is 0.243. The molecule has 4 aromatic rings. The van der Waals surface area contributed by atoms with Crippen LogP contribution in [0.3, 0.4) is 0 Å². The van der Waals surface area contributed by atoms with Crippen LogP contribution in [0.1, 0.15) is 21.6 Å². The number of rotatable bonds is 6. The Morgan fingerprint density at radius 1 is 1.03 bits per heavy atom. The van der Waals surface area contributed by atoms with Gasteiger partial charge in [-0.1, -0.05) is 30.3 Å². The first-order valence-electron chi connectivity index (χ1n) is 9.31. The Morgan fingerprint density at radius 2 is 1.77 bits per heavy atom. The van der Waals surface area contributed by atoms with Crippen LogP contribution in [0.5, 0.6) is 11.5 Å². The highest BCUT2D eigenvalue weighted by molar-refractivity contribution is 5.95. The number of nitrogens with one attached hydrogen (secondary N) is 2. The van der Waals surface area contributed by atoms with Crippen molar-refractivity contribution in [1.82, 2.24) is 25.3 Å². The number of carbonyl (C=O) groups excluding carboxylic acids is 1. The lowest BCUT2D eigenvalue weighted by Crippen LogP contribution is -2.23. The van der Waals surface area contributed by atoms with Gasteiger partial charge in [-0.05, 0) is 42.8 Å². The monoisotopic (exact) mass is 401 g/mol. The number of hydrogen-bond acceptors (Lipinski definition) is 5. The first kappa shape index (κ1) is 19.1. The van der Waals surface area contributed by atoms with Crippen molar-refractivity contribution in [2.75, 3.05) is 0 Å². The summed E-state index contributed by atoms with van der Waals surface area (Å²) in [6.45, 7) is 2.14. The summed E-state index contributed by atoms with van der Waals surface area (Å²) in [5.74, 6) is 1.68. The van der Waals surface area contributed by atoms with Gasteiger partial charge >= 0.3 is 0 Å². The maximum absolute atomic E-state index is 12.6. The van der Waals surface area contributed by atoms with Crippen molar-refractivity contribution < 1.29 is 9.53 Å². The standard InChI is InChI=1S/C22H19N5O3/c1-15-19(14-24-27(15)20-11-12-21(28)26-25-20)22(29)23-13-16-7-9-18(10-8-16)30-17-5-3-2-4-6-17/h2-12,14H,13H2,1H3,(H,23,29)(H,26,28). The smallest absolute Gasteiger partial charge is 0.264 e. The van der Waals surface area contributed by atoms with Gasteiger partial charge in [0, 0.05) is 12.6 Å². The van der Waals surface area contributed by atoms with E-state index in [1.807, 2.05) is 54.6 Å². The third-order valence-electron chi connectivity index (χ3n) is 4.49. The summed E-state index contributed by atoms with van der Waals surface area (Å²) in [5, 5.41) is 13.4. The Kier molecular flexibility index (Phi) is 5.38. The van der Waals surface area contributed by atoms with Gasteiger partial charge in [0.05, 0.1) is 17.5 Å². The zero-order valence-corrected chi connectivity index (χ0v) is 16.2. The van der Waals surface area contributed by atoms with E-state index in [1.165, 1.54) is 16.9 Å². The molecule has 2 aromatic carbocycles. The van der Waals surface area contributed by atoms with Crippen molar-refractivity contribution in [3.8, 4) is 17.3 Å². The van der Waals surface area contributed by atoms with Crippen molar-refractivity contribution in [2.24, 2.45) is 0 Å². The molecule has 0 spiro atoms. The van der Waals surface area contributed by atoms with Crippen LogP contribution in [-0.2, 0) is 6.54 Å². The summed E-state index contributed by atoms with van der Waals surface area (Å²) in [5.41, 5.74) is 1.70. The Hall–Kier alpha value is -4.20. The minimum atomic E-state index is -0.304. The molecule has 2 aromatic heterocycles. The SMILES string of the molecule is Cc1c(C(=O)NCc2ccc(Oc3ccccc3)cc2)cnn1-c1ccc(=O)[nH]n1. The average molecular weight is 401 g/mol. The highest BCUT2D eigenvalue weighted by Gasteiger charge is 2.15. The van der Waals surface area contributed by atoms with Gasteiger partial charge in [0.15, 0.2) is 5.82 Å². The molecule has 1 amide bonds. The third-order valence-corrected chi connectivity index (χ3v) is 4.49. The number of aromatic nitrogens is 4. The summed E-state index contributed by atoms with van der Waals surface area (Å²) < 4.78 is 7.27. The minimum Gasteiger partial charge on any atom is -0.457 e. The normalized spacial score (nSPS) is 10.6. The largest absolute Gasteiger partial charge is 0.457 e. The Bertz CT molecular complexity index is 1190. The number of para-hydroxylation sites is 1. The molecule has 0 saturated carbocycles. The molecule has 0 aliphatic carbocycles. The van der Waals surface area contributed by atoms with Crippen LogP contribution in [0, 0.1) is 6.92 Å². The highest BCUT2D eigenvalue weighted by atomic mass is 16.5. The first-order valence-corrected chi connectivity index (χ1v) is 9.31. The molecule has 2 N–H and O–H groups in total. The summed E-state index contributed by atoms with van der Waals surface area (Å²) in [6, 6.07) is 20.0. The van der Waals surface area contributed by atoms with Gasteiger partial charge in [-0.2, -0.15) is 10.2 Å². The molecule has 150 valence electrons. The Morgan fingerprint density at radius 3 is 2.47 bits per heavy atom. The number of hydrogen-bond donors (Lipinski definition) is 2. The molecular formula is C22H19N5O3. The maximum Gasteiger partial charge on any atom is 0.264 e. The van der Waals surface area contributed by atoms with Gasteiger partial charge in [-0.25, -0.2) is 9.78 Å². The van der Waals surface area contributed by atoms with Crippen molar-refractivity contribution in [2.45, 2.75) is 13.5 Å². The topological polar surface area (TPSA) is 102 Å². The maximum atomic E-state index is 12.6. The van der Waals surface area contributed by atoms with Crippen molar-refractivity contribution in [3.63, 3.8) is 0 Å². The molecule has 0 unspecified atom stereocenters. The third kappa shape index (κ3) is 4.27. The molecule has 0 radical (unpaired) electrons. The van der Waals surface area contributed by atoms with Crippen LogP contribution < -0.4 is 15.6 Å². The first-order chi connectivity index (χ1) is 14.6. The number of H-pyrrole nitrogens is 1. The summed E-state index contributed by atoms with van der Waals surface area (Å²) in [6.07, 6.45) is 1.48. The predicted molar refractivity (Wildman–Crippen MR) is 111 cm³/mol. The molecule has 2 heterocycles. The number of carbonyl (C=O) groups is 1. The van der Waals surface area contributed by atoms with Crippen LogP contribution in [0.25, 0.3) is 5.82 Å². The average Bonchev–Trinajstić information content (AvgIpc) is 3.16. The van der Waals surface area contributed by atoms with Crippen LogP contribution in [0.2, 0.25) is 0 Å². The summed E-state index contributed by atoms with van der Waals surface area (Å²) in [4.78, 5) is 23.7. The molecule has 8 nitrogen and oxygen atoms in total. The second-order valence-electron chi connectivity index (χ2n) is 6.58. The number of amides is 1. The van der Waals surface area contributed by atoms with Gasteiger partial charge in [0.1, 0.15) is 11.5 Å². The predicted octanol–water partition coefficient (Wildman–Crippen LogP) is 2.99. The van der Waals surface area contributed by atoms with Gasteiger partial charge in [0.2, 0.25) is 0 Å². The fourth-order valence-electron chi connectivity index (χ4n) is 2.90. The van der Waals surface area contributed by atoms with Crippen LogP contribution in [0.15, 0.2) is 77.7 Å². The van der Waals surface area contributed by atoms with Crippen molar-refractivity contribution in [3.05, 3.63) is 100 Å². The zero-order chi connectivity index (χ0) is 20.9. The quantitative estimate of drug-likeness (QED) is 0.517. The molecule has 0 aliphatic rings. The van der Waals surface area contributed by atoms with E-state index in [9.17, 15) is 9.59 Å². The lowest BCUT2D eigenvalue weighted by atomic mass is 10.2. The molecule has 8 heteroatoms. The van der Waals surface area contributed by atoms with E-state index >= 15 is 0 Å². The molecule has 4 rings (SSSR count). The van der Waals surface area contributed by atoms with Gasteiger partial charge in [-0.3, -0.25) is 9.59 Å². The van der Waals surface area contributed by atoms with E-state index in [0.717, 1.165) is 17.1 Å². The molecule has 0 fully saturated rings. The van der Waals surface area contributed by atoms with E-state index in [4.69, 9.17) is 4.74 Å². The van der Waals surface area contributed by atoms with E-state index in [2.05, 4.69) is 20.6 Å². The van der Waals surface area contributed by atoms with Gasteiger partial charge in [0.25, 0.3) is 11.5 Å². The van der Waals surface area contributed by atoms with Gasteiger partial charge in [-0.15, -0.1) is 0 Å². The Balaban J connectivity index is 1.39. The lowest BCUT2D eigenvalue weighted by molar-refractivity contribution is 0.0950. The van der Waals surface area contributed by atoms with Crippen molar-refractivity contribution in [1.29, 1.82) is 0 Å². The Labute approximate surface area is 172 Å². The van der Waals surface area contributed by atoms with Crippen LogP contribution in [0.4, 0.5) is 0 Å². The number of benzene rings is 2. The molecule has 30 heavy (non-hydrogen) atoms. The lowest BCUT2D eigenvalue weighted by Gasteiger charge is -2.08. The number of ether oxygens (including phenoxy) is 1. The number of aromatic amines is 1. The van der Waals surface area contributed by atoms with E-state index in [1.54, 1.807) is 13.0 Å². The molecule has 0 atom stereocenters. The molecular weight excluding hydrogens is 382 g/mol. The fourth-order valence-corrected chi connectivity index (χ4v) is 2.90. The zero-order valence-electron chi connectivity index (χ0n) is 16.2. The summed E-state index contributed by atoms with van der Waals surface area (Å²) in [7, 11) is 0. The summed E-state index contributed by atoms with van der Waals surface area (Å²) >= 11 is 0. The van der Waals surface area contributed by atoms with E-state index in [-0.39, 0.29) is 11.5 Å². The number of nitrogens with zero attached hydrogens (tertiary/aromatic N) is 3. The molecule has 0 saturated heterocycles.